The molecule has 0 aromatic rings. The van der Waals surface area contributed by atoms with E-state index in [0.717, 1.165) is 0 Å². The summed E-state index contributed by atoms with van der Waals surface area (Å²) in [7, 11) is 0. The lowest BCUT2D eigenvalue weighted by molar-refractivity contribution is -0.168. The SMILES string of the molecule is C.C.C.C.CC(OC(=O)CCOCCOC=O)C(=O)OCCOCCC(=O)O. The second-order valence-corrected chi connectivity index (χ2v) is 4.39. The normalized spacial score (nSPS) is 9.75. The fourth-order valence-electron chi connectivity index (χ4n) is 1.30. The zero-order valence-electron chi connectivity index (χ0n) is 13.4. The number of aliphatic carboxylic acids is 1. The van der Waals surface area contributed by atoms with Crippen LogP contribution in [0.3, 0.4) is 0 Å². The molecule has 0 rings (SSSR count). The summed E-state index contributed by atoms with van der Waals surface area (Å²) in [6.07, 6.45) is -1.27. The summed E-state index contributed by atoms with van der Waals surface area (Å²) >= 11 is 0. The highest BCUT2D eigenvalue weighted by Gasteiger charge is 2.19. The van der Waals surface area contributed by atoms with E-state index in [1.807, 2.05) is 0 Å². The van der Waals surface area contributed by atoms with Crippen LogP contribution in [-0.2, 0) is 42.9 Å². The van der Waals surface area contributed by atoms with Gasteiger partial charge in [-0.2, -0.15) is 0 Å². The second kappa shape index (κ2) is 24.8. The first-order valence-corrected chi connectivity index (χ1v) is 7.26. The third-order valence-corrected chi connectivity index (χ3v) is 2.44. The average molecular weight is 414 g/mol. The lowest BCUT2D eigenvalue weighted by Gasteiger charge is -2.13. The fraction of sp³-hybridized carbons (Fsp3) is 0.778. The first-order valence-electron chi connectivity index (χ1n) is 7.26. The van der Waals surface area contributed by atoms with Crippen molar-refractivity contribution in [3.63, 3.8) is 0 Å². The first-order chi connectivity index (χ1) is 11.5. The molecule has 0 aromatic carbocycles. The average Bonchev–Trinajstić information content (AvgIpc) is 2.53. The number of rotatable bonds is 15. The van der Waals surface area contributed by atoms with Crippen LogP contribution in [0.2, 0.25) is 0 Å². The highest BCUT2D eigenvalue weighted by atomic mass is 16.6. The topological polar surface area (TPSA) is 135 Å². The van der Waals surface area contributed by atoms with Gasteiger partial charge in [-0.25, -0.2) is 4.79 Å². The monoisotopic (exact) mass is 414 g/mol. The summed E-state index contributed by atoms with van der Waals surface area (Å²) in [6.45, 7) is 1.99. The summed E-state index contributed by atoms with van der Waals surface area (Å²) < 4.78 is 24.0. The van der Waals surface area contributed by atoms with Crippen molar-refractivity contribution in [1.29, 1.82) is 0 Å². The van der Waals surface area contributed by atoms with E-state index in [4.69, 9.17) is 24.1 Å². The minimum absolute atomic E-state index is 0. The minimum Gasteiger partial charge on any atom is -0.481 e. The van der Waals surface area contributed by atoms with Gasteiger partial charge in [0.15, 0.2) is 6.10 Å². The van der Waals surface area contributed by atoms with E-state index >= 15 is 0 Å². The third kappa shape index (κ3) is 23.8. The van der Waals surface area contributed by atoms with Crippen LogP contribution < -0.4 is 0 Å². The lowest BCUT2D eigenvalue weighted by atomic mass is 10.4. The maximum absolute atomic E-state index is 11.5. The largest absolute Gasteiger partial charge is 0.481 e. The number of carbonyl (C=O) groups excluding carboxylic acids is 3. The van der Waals surface area contributed by atoms with Crippen LogP contribution in [0.25, 0.3) is 0 Å². The molecule has 0 heterocycles. The van der Waals surface area contributed by atoms with Crippen LogP contribution in [-0.4, -0.2) is 75.2 Å². The van der Waals surface area contributed by atoms with Crippen molar-refractivity contribution in [2.45, 2.75) is 55.6 Å². The summed E-state index contributed by atoms with van der Waals surface area (Å²) in [4.78, 5) is 43.1. The van der Waals surface area contributed by atoms with Crippen LogP contribution in [0.15, 0.2) is 0 Å². The Morgan fingerprint density at radius 1 is 0.857 bits per heavy atom. The molecule has 1 atom stereocenters. The van der Waals surface area contributed by atoms with Gasteiger partial charge >= 0.3 is 17.9 Å². The molecule has 1 unspecified atom stereocenters. The van der Waals surface area contributed by atoms with Crippen LogP contribution in [0.1, 0.15) is 49.5 Å². The van der Waals surface area contributed by atoms with Gasteiger partial charge in [0.1, 0.15) is 13.2 Å². The number of carbonyl (C=O) groups is 4. The molecule has 0 aliphatic rings. The number of ether oxygens (including phenoxy) is 5. The molecule has 10 nitrogen and oxygen atoms in total. The molecule has 28 heavy (non-hydrogen) atoms. The Hall–Kier alpha value is -2.20. The molecular weight excluding hydrogens is 376 g/mol. The van der Waals surface area contributed by atoms with Crippen LogP contribution >= 0.6 is 0 Å². The van der Waals surface area contributed by atoms with E-state index in [9.17, 15) is 19.2 Å². The van der Waals surface area contributed by atoms with Gasteiger partial charge in [0.25, 0.3) is 6.47 Å². The smallest absolute Gasteiger partial charge is 0.347 e. The van der Waals surface area contributed by atoms with Crippen molar-refractivity contribution in [3.8, 4) is 0 Å². The van der Waals surface area contributed by atoms with Crippen molar-refractivity contribution in [2.24, 2.45) is 0 Å². The van der Waals surface area contributed by atoms with Crippen LogP contribution in [0.5, 0.6) is 0 Å². The molecule has 0 radical (unpaired) electrons. The Morgan fingerprint density at radius 3 is 1.93 bits per heavy atom. The van der Waals surface area contributed by atoms with Crippen LogP contribution in [0.4, 0.5) is 0 Å². The van der Waals surface area contributed by atoms with E-state index < -0.39 is 24.0 Å². The van der Waals surface area contributed by atoms with Crippen molar-refractivity contribution in [1.82, 2.24) is 0 Å². The molecule has 1 N–H and O–H groups in total. The fourth-order valence-corrected chi connectivity index (χ4v) is 1.30. The van der Waals surface area contributed by atoms with Crippen LogP contribution in [0, 0.1) is 0 Å². The van der Waals surface area contributed by atoms with Crippen molar-refractivity contribution >= 4 is 24.4 Å². The van der Waals surface area contributed by atoms with Gasteiger partial charge in [-0.15, -0.1) is 0 Å². The van der Waals surface area contributed by atoms with E-state index in [1.54, 1.807) is 0 Å². The predicted molar refractivity (Wildman–Crippen MR) is 104 cm³/mol. The summed E-state index contributed by atoms with van der Waals surface area (Å²) in [6, 6.07) is 0. The van der Waals surface area contributed by atoms with Gasteiger partial charge in [0, 0.05) is 0 Å². The van der Waals surface area contributed by atoms with E-state index in [0.29, 0.717) is 6.47 Å². The highest BCUT2D eigenvalue weighted by Crippen LogP contribution is 1.99. The minimum atomic E-state index is -1.07. The Labute approximate surface area is 168 Å². The van der Waals surface area contributed by atoms with E-state index in [1.165, 1.54) is 6.92 Å². The molecule has 0 spiro atoms. The molecule has 0 aliphatic carbocycles. The number of hydrogen-bond acceptors (Lipinski definition) is 9. The molecule has 0 saturated carbocycles. The van der Waals surface area contributed by atoms with Crippen molar-refractivity contribution in [3.05, 3.63) is 0 Å². The summed E-state index contributed by atoms with van der Waals surface area (Å²) in [5.74, 6) is -2.34. The zero-order valence-corrected chi connectivity index (χ0v) is 13.4. The molecule has 0 fully saturated rings. The standard InChI is InChI=1S/C14H22O10.4CH4/c1-11(14(19)23-9-8-20-4-2-12(16)17)24-13(18)3-5-21-6-7-22-10-15;;;;/h10-11H,2-9H2,1H3,(H,16,17);4*1H4. The third-order valence-electron chi connectivity index (χ3n) is 2.44. The number of carboxylic acid groups (broad SMARTS) is 1. The summed E-state index contributed by atoms with van der Waals surface area (Å²) in [5, 5.41) is 8.39. The maximum atomic E-state index is 11.5. The van der Waals surface area contributed by atoms with Gasteiger partial charge in [-0.05, 0) is 6.92 Å². The van der Waals surface area contributed by atoms with Gasteiger partial charge in [-0.3, -0.25) is 14.4 Å². The molecule has 0 amide bonds. The Bertz CT molecular complexity index is 398. The molecule has 0 bridgehead atoms. The van der Waals surface area contributed by atoms with Gasteiger partial charge in [0.2, 0.25) is 0 Å². The van der Waals surface area contributed by atoms with Crippen molar-refractivity contribution in [2.75, 3.05) is 39.6 Å². The molecule has 0 aromatic heterocycles. The molecule has 170 valence electrons. The molecule has 10 heteroatoms. The van der Waals surface area contributed by atoms with Gasteiger partial charge in [-0.1, -0.05) is 29.7 Å². The summed E-state index contributed by atoms with van der Waals surface area (Å²) in [5.41, 5.74) is 0. The molecular formula is C18H38O10. The quantitative estimate of drug-likeness (QED) is 0.184. The van der Waals surface area contributed by atoms with E-state index in [-0.39, 0.29) is 82.2 Å². The highest BCUT2D eigenvalue weighted by molar-refractivity contribution is 5.79. The Balaban J connectivity index is -0.000000441. The number of carboxylic acids is 1. The maximum Gasteiger partial charge on any atom is 0.347 e. The molecule has 0 saturated heterocycles. The number of hydrogen-bond donors (Lipinski definition) is 1. The number of esters is 2. The second-order valence-electron chi connectivity index (χ2n) is 4.39. The predicted octanol–water partition coefficient (Wildman–Crippen LogP) is 2.08. The first kappa shape index (κ1) is 36.7. The zero-order chi connectivity index (χ0) is 18.2. The van der Waals surface area contributed by atoms with E-state index in [2.05, 4.69) is 4.74 Å². The van der Waals surface area contributed by atoms with Gasteiger partial charge in [0.05, 0.1) is 39.3 Å². The lowest BCUT2D eigenvalue weighted by Crippen LogP contribution is -2.28. The Morgan fingerprint density at radius 2 is 1.39 bits per heavy atom. The van der Waals surface area contributed by atoms with Gasteiger partial charge < -0.3 is 28.8 Å². The van der Waals surface area contributed by atoms with Crippen molar-refractivity contribution < 1.29 is 48.0 Å². The molecule has 0 aliphatic heterocycles. The Kier molecular flexibility index (Phi) is 32.5.